The van der Waals surface area contributed by atoms with Crippen LogP contribution in [-0.2, 0) is 17.4 Å². The van der Waals surface area contributed by atoms with Gasteiger partial charge in [-0.3, -0.25) is 19.6 Å². The first-order valence-electron chi connectivity index (χ1n) is 11.0. The Morgan fingerprint density at radius 1 is 0.865 bits per heavy atom. The SMILES string of the molecule is O=C(NO)c1ccc(NC(=O)[C@H](Cc2c[nH]c3ccccc23)NC(=O)c2ccc(C(F)(F)F)cc2)cc1. The zero-order valence-electron chi connectivity index (χ0n) is 19.1. The molecule has 1 heterocycles. The van der Waals surface area contributed by atoms with Crippen LogP contribution >= 0.6 is 0 Å². The fraction of sp³-hybridized carbons (Fsp3) is 0.115. The van der Waals surface area contributed by atoms with Crippen LogP contribution in [-0.4, -0.2) is 34.0 Å². The largest absolute Gasteiger partial charge is 0.416 e. The maximum atomic E-state index is 13.2. The molecule has 190 valence electrons. The Kier molecular flexibility index (Phi) is 7.25. The Bertz CT molecular complexity index is 1430. The highest BCUT2D eigenvalue weighted by molar-refractivity contribution is 6.02. The molecule has 8 nitrogen and oxygen atoms in total. The summed E-state index contributed by atoms with van der Waals surface area (Å²) in [6, 6.07) is 15.7. The number of para-hydroxylation sites is 1. The number of halogens is 3. The van der Waals surface area contributed by atoms with Gasteiger partial charge < -0.3 is 15.6 Å². The lowest BCUT2D eigenvalue weighted by Crippen LogP contribution is -2.45. The number of rotatable bonds is 7. The molecule has 1 atom stereocenters. The number of carbonyl (C=O) groups is 3. The van der Waals surface area contributed by atoms with Crippen molar-refractivity contribution in [1.82, 2.24) is 15.8 Å². The molecule has 3 amide bonds. The number of hydrogen-bond acceptors (Lipinski definition) is 4. The summed E-state index contributed by atoms with van der Waals surface area (Å²) in [5.74, 6) is -2.02. The fourth-order valence-electron chi connectivity index (χ4n) is 3.78. The number of H-pyrrole nitrogens is 1. The number of hydroxylamine groups is 1. The van der Waals surface area contributed by atoms with Gasteiger partial charge in [0.05, 0.1) is 5.56 Å². The lowest BCUT2D eigenvalue weighted by Gasteiger charge is -2.19. The average Bonchev–Trinajstić information content (AvgIpc) is 3.30. The van der Waals surface area contributed by atoms with E-state index >= 15 is 0 Å². The summed E-state index contributed by atoms with van der Waals surface area (Å²) >= 11 is 0. The zero-order valence-corrected chi connectivity index (χ0v) is 19.1. The minimum atomic E-state index is -4.54. The van der Waals surface area contributed by atoms with Crippen molar-refractivity contribution < 1.29 is 32.8 Å². The predicted molar refractivity (Wildman–Crippen MR) is 129 cm³/mol. The van der Waals surface area contributed by atoms with E-state index in [1.165, 1.54) is 29.7 Å². The van der Waals surface area contributed by atoms with Crippen molar-refractivity contribution in [3.63, 3.8) is 0 Å². The molecule has 0 unspecified atom stereocenters. The summed E-state index contributed by atoms with van der Waals surface area (Å²) in [6.07, 6.45) is -2.73. The highest BCUT2D eigenvalue weighted by atomic mass is 19.4. The van der Waals surface area contributed by atoms with Gasteiger partial charge in [0, 0.05) is 40.3 Å². The lowest BCUT2D eigenvalue weighted by molar-refractivity contribution is -0.137. The van der Waals surface area contributed by atoms with Crippen LogP contribution in [0.3, 0.4) is 0 Å². The van der Waals surface area contributed by atoms with Crippen molar-refractivity contribution in [3.8, 4) is 0 Å². The third kappa shape index (κ3) is 5.96. The highest BCUT2D eigenvalue weighted by Gasteiger charge is 2.30. The summed E-state index contributed by atoms with van der Waals surface area (Å²) in [6.45, 7) is 0. The van der Waals surface area contributed by atoms with E-state index in [1.54, 1.807) is 6.20 Å². The van der Waals surface area contributed by atoms with E-state index < -0.39 is 35.5 Å². The Hall–Kier alpha value is -4.64. The van der Waals surface area contributed by atoms with Gasteiger partial charge in [-0.1, -0.05) is 18.2 Å². The van der Waals surface area contributed by atoms with Crippen LogP contribution < -0.4 is 16.1 Å². The third-order valence-electron chi connectivity index (χ3n) is 5.71. The van der Waals surface area contributed by atoms with Gasteiger partial charge in [0.25, 0.3) is 11.8 Å². The molecule has 0 saturated heterocycles. The first-order valence-corrected chi connectivity index (χ1v) is 11.0. The quantitative estimate of drug-likeness (QED) is 0.188. The number of amides is 3. The highest BCUT2D eigenvalue weighted by Crippen LogP contribution is 2.29. The van der Waals surface area contributed by atoms with E-state index in [0.717, 1.165) is 40.7 Å². The maximum Gasteiger partial charge on any atom is 0.416 e. The number of benzene rings is 3. The molecule has 0 fully saturated rings. The summed E-state index contributed by atoms with van der Waals surface area (Å²) in [5.41, 5.74) is 2.65. The summed E-state index contributed by atoms with van der Waals surface area (Å²) < 4.78 is 38.6. The number of fused-ring (bicyclic) bond motifs is 1. The van der Waals surface area contributed by atoms with Crippen molar-refractivity contribution in [1.29, 1.82) is 0 Å². The zero-order chi connectivity index (χ0) is 26.6. The summed E-state index contributed by atoms with van der Waals surface area (Å²) in [5, 5.41) is 14.9. The molecular weight excluding hydrogens is 489 g/mol. The molecule has 5 N–H and O–H groups in total. The van der Waals surface area contributed by atoms with Crippen molar-refractivity contribution in [2.75, 3.05) is 5.32 Å². The minimum absolute atomic E-state index is 0.0379. The van der Waals surface area contributed by atoms with Gasteiger partial charge in [-0.15, -0.1) is 0 Å². The van der Waals surface area contributed by atoms with E-state index in [0.29, 0.717) is 5.69 Å². The van der Waals surface area contributed by atoms with Crippen LogP contribution in [0.25, 0.3) is 10.9 Å². The molecule has 1 aromatic heterocycles. The van der Waals surface area contributed by atoms with Crippen LogP contribution in [0.1, 0.15) is 31.8 Å². The number of nitrogens with one attached hydrogen (secondary N) is 4. The lowest BCUT2D eigenvalue weighted by atomic mass is 10.0. The van der Waals surface area contributed by atoms with E-state index in [2.05, 4.69) is 15.6 Å². The van der Waals surface area contributed by atoms with Gasteiger partial charge in [-0.25, -0.2) is 5.48 Å². The minimum Gasteiger partial charge on any atom is -0.361 e. The maximum absolute atomic E-state index is 13.2. The number of carbonyl (C=O) groups excluding carboxylic acids is 3. The van der Waals surface area contributed by atoms with Crippen LogP contribution in [0.4, 0.5) is 18.9 Å². The van der Waals surface area contributed by atoms with Crippen LogP contribution in [0, 0.1) is 0 Å². The molecule has 0 aliphatic rings. The Morgan fingerprint density at radius 2 is 1.49 bits per heavy atom. The molecule has 0 spiro atoms. The normalized spacial score (nSPS) is 12.1. The van der Waals surface area contributed by atoms with Crippen LogP contribution in [0.5, 0.6) is 0 Å². The smallest absolute Gasteiger partial charge is 0.361 e. The molecule has 4 rings (SSSR count). The van der Waals surface area contributed by atoms with Crippen molar-refractivity contribution in [2.45, 2.75) is 18.6 Å². The first-order chi connectivity index (χ1) is 17.7. The van der Waals surface area contributed by atoms with Crippen LogP contribution in [0.2, 0.25) is 0 Å². The summed E-state index contributed by atoms with van der Waals surface area (Å²) in [7, 11) is 0. The monoisotopic (exact) mass is 510 g/mol. The van der Waals surface area contributed by atoms with Crippen molar-refractivity contribution >= 4 is 34.3 Å². The second-order valence-corrected chi connectivity index (χ2v) is 8.17. The van der Waals surface area contributed by atoms with E-state index in [1.807, 2.05) is 24.3 Å². The van der Waals surface area contributed by atoms with E-state index in [4.69, 9.17) is 5.21 Å². The van der Waals surface area contributed by atoms with Crippen molar-refractivity contribution in [2.24, 2.45) is 0 Å². The van der Waals surface area contributed by atoms with Gasteiger partial charge >= 0.3 is 6.18 Å². The number of anilines is 1. The average molecular weight is 510 g/mol. The molecule has 4 aromatic rings. The first kappa shape index (κ1) is 25.5. The molecule has 0 aliphatic carbocycles. The van der Waals surface area contributed by atoms with Gasteiger partial charge in [0.15, 0.2) is 0 Å². The standard InChI is InChI=1S/C26H21F3N4O4/c27-26(28,29)18-9-5-15(6-10-18)23(34)32-22(13-17-14-30-21-4-2-1-3-20(17)21)25(36)31-19-11-7-16(8-12-19)24(35)33-37/h1-12,14,22,30,37H,13H2,(H,31,36)(H,32,34)(H,33,35)/t22-/m0/s1. The molecule has 0 saturated carbocycles. The number of hydrogen-bond donors (Lipinski definition) is 5. The second-order valence-electron chi connectivity index (χ2n) is 8.17. The molecule has 11 heteroatoms. The Morgan fingerprint density at radius 3 is 2.14 bits per heavy atom. The van der Waals surface area contributed by atoms with Gasteiger partial charge in [-0.2, -0.15) is 13.2 Å². The molecule has 0 aliphatic heterocycles. The van der Waals surface area contributed by atoms with Gasteiger partial charge in [-0.05, 0) is 60.2 Å². The predicted octanol–water partition coefficient (Wildman–Crippen LogP) is 4.29. The number of alkyl halides is 3. The second kappa shape index (κ2) is 10.5. The van der Waals surface area contributed by atoms with Crippen LogP contribution in [0.15, 0.2) is 79.0 Å². The summed E-state index contributed by atoms with van der Waals surface area (Å²) in [4.78, 5) is 40.7. The Labute approximate surface area is 208 Å². The molecular formula is C26H21F3N4O4. The van der Waals surface area contributed by atoms with E-state index in [9.17, 15) is 27.6 Å². The third-order valence-corrected chi connectivity index (χ3v) is 5.71. The van der Waals surface area contributed by atoms with E-state index in [-0.39, 0.29) is 17.5 Å². The Balaban J connectivity index is 1.56. The van der Waals surface area contributed by atoms with Gasteiger partial charge in [0.1, 0.15) is 6.04 Å². The molecule has 3 aromatic carbocycles. The molecule has 0 radical (unpaired) electrons. The molecule has 0 bridgehead atoms. The molecule has 37 heavy (non-hydrogen) atoms. The number of aromatic amines is 1. The number of aromatic nitrogens is 1. The topological polar surface area (TPSA) is 123 Å². The van der Waals surface area contributed by atoms with Crippen molar-refractivity contribution in [3.05, 3.63) is 101 Å². The van der Waals surface area contributed by atoms with Gasteiger partial charge in [0.2, 0.25) is 5.91 Å². The fourth-order valence-corrected chi connectivity index (χ4v) is 3.78.